The Bertz CT molecular complexity index is 279. The average Bonchev–Trinajstić information content (AvgIpc) is 2.63. The number of allylic oxidation sites excluding steroid dienone is 8. The van der Waals surface area contributed by atoms with Crippen LogP contribution in [-0.2, 0) is 18.3 Å². The number of rotatable bonds is 1. The predicted molar refractivity (Wildman–Crippen MR) is 67.8 cm³/mol. The third kappa shape index (κ3) is 5.61. The monoisotopic (exact) mass is 303 g/mol. The van der Waals surface area contributed by atoms with Crippen LogP contribution >= 0.6 is 0 Å². The molecule has 0 N–H and O–H groups in total. The molecule has 2 aliphatic carbocycles. The van der Waals surface area contributed by atoms with Crippen LogP contribution in [0.5, 0.6) is 0 Å². The molecule has 0 fully saturated rings. The SMILES string of the molecule is C1=CCCC=CCC1.CCC1=[C]([Ru])CC=C1. The molecular formula is C15H21Ru. The molecule has 0 saturated heterocycles. The van der Waals surface area contributed by atoms with Crippen molar-refractivity contribution in [2.24, 2.45) is 0 Å². The molecule has 0 aliphatic heterocycles. The summed E-state index contributed by atoms with van der Waals surface area (Å²) in [5.74, 6) is 0. The van der Waals surface area contributed by atoms with Crippen LogP contribution in [0.1, 0.15) is 45.4 Å². The normalized spacial score (nSPS) is 19.1. The van der Waals surface area contributed by atoms with Crippen LogP contribution in [-0.4, -0.2) is 0 Å². The molecule has 0 nitrogen and oxygen atoms in total. The van der Waals surface area contributed by atoms with E-state index in [9.17, 15) is 0 Å². The van der Waals surface area contributed by atoms with Gasteiger partial charge in [-0.05, 0) is 25.7 Å². The molecule has 0 aromatic rings. The summed E-state index contributed by atoms with van der Waals surface area (Å²) < 4.78 is 1.48. The Morgan fingerprint density at radius 1 is 0.938 bits per heavy atom. The summed E-state index contributed by atoms with van der Waals surface area (Å²) in [5.41, 5.74) is 1.50. The van der Waals surface area contributed by atoms with Gasteiger partial charge in [-0.25, -0.2) is 0 Å². The first-order chi connectivity index (χ1) is 7.84. The Kier molecular flexibility index (Phi) is 7.42. The average molecular weight is 302 g/mol. The summed E-state index contributed by atoms with van der Waals surface area (Å²) in [4.78, 5) is 0. The van der Waals surface area contributed by atoms with Crippen molar-refractivity contribution in [3.8, 4) is 0 Å². The second-order valence-corrected chi connectivity index (χ2v) is 5.02. The Morgan fingerprint density at radius 3 is 1.69 bits per heavy atom. The molecule has 2 aliphatic rings. The van der Waals surface area contributed by atoms with Crippen LogP contribution in [0.15, 0.2) is 46.2 Å². The van der Waals surface area contributed by atoms with Crippen molar-refractivity contribution >= 4 is 0 Å². The topological polar surface area (TPSA) is 0 Å². The summed E-state index contributed by atoms with van der Waals surface area (Å²) in [6.45, 7) is 2.19. The number of hydrogen-bond acceptors (Lipinski definition) is 0. The van der Waals surface area contributed by atoms with Gasteiger partial charge in [0.15, 0.2) is 0 Å². The molecule has 0 radical (unpaired) electrons. The minimum absolute atomic E-state index is 1.15. The zero-order chi connectivity index (χ0) is 11.6. The van der Waals surface area contributed by atoms with E-state index in [0.717, 1.165) is 6.42 Å². The molecule has 89 valence electrons. The van der Waals surface area contributed by atoms with E-state index in [1.165, 1.54) is 41.8 Å². The zero-order valence-corrected chi connectivity index (χ0v) is 11.8. The molecule has 16 heavy (non-hydrogen) atoms. The fraction of sp³-hybridized carbons (Fsp3) is 0.467. The van der Waals surface area contributed by atoms with Crippen LogP contribution in [0.25, 0.3) is 0 Å². The van der Waals surface area contributed by atoms with Gasteiger partial charge >= 0.3 is 60.0 Å². The molecule has 0 amide bonds. The first-order valence-electron chi connectivity index (χ1n) is 6.17. The van der Waals surface area contributed by atoms with Gasteiger partial charge in [0.1, 0.15) is 0 Å². The van der Waals surface area contributed by atoms with Crippen molar-refractivity contribution in [1.82, 2.24) is 0 Å². The standard InChI is InChI=1S/C8H12.C7H9.Ru/c1-2-4-6-8-7-5-3-1;1-2-7-5-3-4-6-7;/h1-2,7-8H,3-6H2;3,5H,2,4H2,1H3;. The van der Waals surface area contributed by atoms with E-state index in [2.05, 4.69) is 61.7 Å². The summed E-state index contributed by atoms with van der Waals surface area (Å²) in [6.07, 6.45) is 20.8. The first kappa shape index (κ1) is 13.6. The summed E-state index contributed by atoms with van der Waals surface area (Å²) in [5, 5.41) is 0. The molecule has 0 unspecified atom stereocenters. The van der Waals surface area contributed by atoms with E-state index >= 15 is 0 Å². The van der Waals surface area contributed by atoms with Gasteiger partial charge < -0.3 is 0 Å². The quantitative estimate of drug-likeness (QED) is 0.481. The van der Waals surface area contributed by atoms with E-state index in [0.29, 0.717) is 0 Å². The Balaban J connectivity index is 0.000000160. The van der Waals surface area contributed by atoms with Gasteiger partial charge in [-0.2, -0.15) is 0 Å². The molecule has 1 heteroatoms. The molecule has 0 aromatic carbocycles. The Morgan fingerprint density at radius 2 is 1.44 bits per heavy atom. The van der Waals surface area contributed by atoms with E-state index in [1.54, 1.807) is 0 Å². The molecule has 0 spiro atoms. The van der Waals surface area contributed by atoms with E-state index in [-0.39, 0.29) is 0 Å². The van der Waals surface area contributed by atoms with Crippen molar-refractivity contribution < 1.29 is 18.3 Å². The second kappa shape index (κ2) is 8.70. The van der Waals surface area contributed by atoms with Crippen LogP contribution in [0.4, 0.5) is 0 Å². The van der Waals surface area contributed by atoms with Crippen LogP contribution in [0.3, 0.4) is 0 Å². The van der Waals surface area contributed by atoms with Crippen LogP contribution < -0.4 is 0 Å². The van der Waals surface area contributed by atoms with Gasteiger partial charge in [-0.3, -0.25) is 0 Å². The minimum atomic E-state index is 1.15. The third-order valence-corrected chi connectivity index (χ3v) is 3.58. The molecule has 0 heterocycles. The summed E-state index contributed by atoms with van der Waals surface area (Å²) in [7, 11) is 0. The van der Waals surface area contributed by atoms with E-state index in [4.69, 9.17) is 0 Å². The summed E-state index contributed by atoms with van der Waals surface area (Å²) in [6, 6.07) is 0. The maximum absolute atomic E-state index is 2.68. The van der Waals surface area contributed by atoms with Gasteiger partial charge in [0.25, 0.3) is 0 Å². The number of hydrogen-bond donors (Lipinski definition) is 0. The van der Waals surface area contributed by atoms with E-state index < -0.39 is 0 Å². The molecular weight excluding hydrogens is 281 g/mol. The zero-order valence-electron chi connectivity index (χ0n) is 10.1. The molecule has 0 aromatic heterocycles. The van der Waals surface area contributed by atoms with Gasteiger partial charge in [-0.1, -0.05) is 24.3 Å². The van der Waals surface area contributed by atoms with Crippen molar-refractivity contribution in [3.63, 3.8) is 0 Å². The van der Waals surface area contributed by atoms with Crippen molar-refractivity contribution in [3.05, 3.63) is 46.2 Å². The Hall–Kier alpha value is -0.417. The fourth-order valence-electron chi connectivity index (χ4n) is 1.68. The van der Waals surface area contributed by atoms with Gasteiger partial charge in [0.05, 0.1) is 0 Å². The molecule has 0 saturated carbocycles. The Labute approximate surface area is 110 Å². The third-order valence-electron chi connectivity index (χ3n) is 2.67. The van der Waals surface area contributed by atoms with Crippen molar-refractivity contribution in [2.45, 2.75) is 45.4 Å². The van der Waals surface area contributed by atoms with Gasteiger partial charge in [-0.15, -0.1) is 0 Å². The second-order valence-electron chi connectivity index (χ2n) is 3.97. The van der Waals surface area contributed by atoms with Crippen molar-refractivity contribution in [1.29, 1.82) is 0 Å². The first-order valence-corrected chi connectivity index (χ1v) is 7.04. The van der Waals surface area contributed by atoms with E-state index in [1.807, 2.05) is 0 Å². The molecule has 2 rings (SSSR count). The van der Waals surface area contributed by atoms with Crippen LogP contribution in [0.2, 0.25) is 0 Å². The van der Waals surface area contributed by atoms with Gasteiger partial charge in [0.2, 0.25) is 0 Å². The van der Waals surface area contributed by atoms with Crippen LogP contribution in [0, 0.1) is 0 Å². The van der Waals surface area contributed by atoms with Gasteiger partial charge in [0, 0.05) is 0 Å². The maximum atomic E-state index is 2.68. The van der Waals surface area contributed by atoms with Crippen molar-refractivity contribution in [2.75, 3.05) is 0 Å². The summed E-state index contributed by atoms with van der Waals surface area (Å²) >= 11 is 2.68. The predicted octanol–water partition coefficient (Wildman–Crippen LogP) is 4.83. The molecule has 0 atom stereocenters. The fourth-order valence-corrected chi connectivity index (χ4v) is 2.34. The molecule has 0 bridgehead atoms.